The SMILES string of the molecule is Cln1cncc2c(I)cnc1-2. The van der Waals surface area contributed by atoms with Crippen LogP contribution in [0.4, 0.5) is 0 Å². The van der Waals surface area contributed by atoms with Crippen LogP contribution in [0.2, 0.25) is 0 Å². The van der Waals surface area contributed by atoms with Gasteiger partial charge in [0, 0.05) is 27.7 Å². The zero-order chi connectivity index (χ0) is 7.84. The predicted molar refractivity (Wildman–Crippen MR) is 50.6 cm³/mol. The molecule has 3 nitrogen and oxygen atoms in total. The summed E-state index contributed by atoms with van der Waals surface area (Å²) >= 11 is 7.95. The van der Waals surface area contributed by atoms with Crippen molar-refractivity contribution in [2.45, 2.75) is 0 Å². The van der Waals surface area contributed by atoms with Gasteiger partial charge in [-0.15, -0.1) is 0 Å². The van der Waals surface area contributed by atoms with E-state index >= 15 is 0 Å². The Labute approximate surface area is 82.0 Å². The molecule has 2 rings (SSSR count). The second-order valence-electron chi connectivity index (χ2n) is 2.05. The van der Waals surface area contributed by atoms with Crippen molar-refractivity contribution in [2.75, 3.05) is 0 Å². The van der Waals surface area contributed by atoms with Gasteiger partial charge in [-0.05, 0) is 22.6 Å². The highest BCUT2D eigenvalue weighted by Crippen LogP contribution is 2.25. The van der Waals surface area contributed by atoms with Crippen molar-refractivity contribution < 1.29 is 0 Å². The van der Waals surface area contributed by atoms with Crippen LogP contribution in [0.25, 0.3) is 11.4 Å². The van der Waals surface area contributed by atoms with Crippen LogP contribution in [0.3, 0.4) is 0 Å². The van der Waals surface area contributed by atoms with Gasteiger partial charge in [0.2, 0.25) is 0 Å². The second kappa shape index (κ2) is 2.60. The molecule has 0 aromatic heterocycles. The summed E-state index contributed by atoms with van der Waals surface area (Å²) in [6, 6.07) is 0. The Balaban J connectivity index is 2.79. The Bertz CT molecular complexity index is 359. The fourth-order valence-electron chi connectivity index (χ4n) is 0.874. The highest BCUT2D eigenvalue weighted by Gasteiger charge is 2.11. The van der Waals surface area contributed by atoms with E-state index in [2.05, 4.69) is 32.6 Å². The monoisotopic (exact) mass is 279 g/mol. The van der Waals surface area contributed by atoms with Crippen LogP contribution in [-0.4, -0.2) is 14.1 Å². The zero-order valence-corrected chi connectivity index (χ0v) is 8.24. The highest BCUT2D eigenvalue weighted by atomic mass is 127. The number of fused-ring (bicyclic) bond motifs is 1. The molecule has 0 atom stereocenters. The Kier molecular flexibility index (Phi) is 1.72. The lowest BCUT2D eigenvalue weighted by atomic mass is 10.3. The summed E-state index contributed by atoms with van der Waals surface area (Å²) in [6.07, 6.45) is 5.04. The summed E-state index contributed by atoms with van der Waals surface area (Å²) in [7, 11) is 0. The van der Waals surface area contributed by atoms with Crippen molar-refractivity contribution in [1.82, 2.24) is 14.1 Å². The smallest absolute Gasteiger partial charge is 0.158 e. The van der Waals surface area contributed by atoms with E-state index in [1.165, 1.54) is 10.4 Å². The second-order valence-corrected chi connectivity index (χ2v) is 3.57. The molecule has 0 fully saturated rings. The van der Waals surface area contributed by atoms with E-state index in [-0.39, 0.29) is 0 Å². The number of hydrogen-bond donors (Lipinski definition) is 0. The van der Waals surface area contributed by atoms with Crippen molar-refractivity contribution >= 4 is 34.4 Å². The maximum Gasteiger partial charge on any atom is 0.158 e. The molecule has 2 heterocycles. The minimum absolute atomic E-state index is 0.756. The molecule has 0 aliphatic carbocycles. The quantitative estimate of drug-likeness (QED) is 0.691. The molecule has 0 spiro atoms. The van der Waals surface area contributed by atoms with Gasteiger partial charge in [0.1, 0.15) is 6.33 Å². The number of aromatic nitrogens is 3. The first kappa shape index (κ1) is 7.30. The summed E-state index contributed by atoms with van der Waals surface area (Å²) in [5.74, 6) is 0.756. The lowest BCUT2D eigenvalue weighted by molar-refractivity contribution is 1.06. The van der Waals surface area contributed by atoms with Gasteiger partial charge in [-0.2, -0.15) is 0 Å². The molecule has 0 saturated carbocycles. The van der Waals surface area contributed by atoms with E-state index in [0.717, 1.165) is 15.0 Å². The number of halogens is 2. The van der Waals surface area contributed by atoms with Crippen LogP contribution < -0.4 is 0 Å². The number of hydrogen-bond acceptors (Lipinski definition) is 2. The van der Waals surface area contributed by atoms with Crippen LogP contribution in [0.15, 0.2) is 18.7 Å². The predicted octanol–water partition coefficient (Wildman–Crippen LogP) is 1.99. The molecule has 11 heavy (non-hydrogen) atoms. The minimum atomic E-state index is 0.756. The molecule has 0 saturated heterocycles. The summed E-state index contributed by atoms with van der Waals surface area (Å²) in [6.45, 7) is 0. The summed E-state index contributed by atoms with van der Waals surface area (Å²) in [5, 5.41) is 0. The standard InChI is InChI=1S/C6H3ClIN3/c7-11-3-9-1-4-5(8)2-10-6(4)11/h1-3H. The van der Waals surface area contributed by atoms with Gasteiger partial charge in [-0.1, -0.05) is 0 Å². The fraction of sp³-hybridized carbons (Fsp3) is 0. The van der Waals surface area contributed by atoms with Crippen molar-refractivity contribution in [3.8, 4) is 11.4 Å². The van der Waals surface area contributed by atoms with Gasteiger partial charge in [-0.3, -0.25) is 0 Å². The Morgan fingerprint density at radius 2 is 2.27 bits per heavy atom. The maximum atomic E-state index is 5.76. The molecule has 0 aromatic rings. The lowest BCUT2D eigenvalue weighted by Gasteiger charge is -1.99. The average Bonchev–Trinajstić information content (AvgIpc) is 2.35. The summed E-state index contributed by atoms with van der Waals surface area (Å²) in [4.78, 5) is 8.03. The summed E-state index contributed by atoms with van der Waals surface area (Å²) < 4.78 is 2.46. The first-order chi connectivity index (χ1) is 5.29. The fourth-order valence-corrected chi connectivity index (χ4v) is 1.58. The van der Waals surface area contributed by atoms with Crippen molar-refractivity contribution in [1.29, 1.82) is 0 Å². The maximum absolute atomic E-state index is 5.76. The van der Waals surface area contributed by atoms with Crippen molar-refractivity contribution in [3.63, 3.8) is 0 Å². The van der Waals surface area contributed by atoms with Gasteiger partial charge < -0.3 is 0 Å². The molecule has 0 amide bonds. The first-order valence-corrected chi connectivity index (χ1v) is 4.33. The van der Waals surface area contributed by atoms with Crippen molar-refractivity contribution in [3.05, 3.63) is 22.3 Å². The van der Waals surface area contributed by atoms with Gasteiger partial charge in [0.05, 0.1) is 5.56 Å². The topological polar surface area (TPSA) is 30.7 Å². The first-order valence-electron chi connectivity index (χ1n) is 2.92. The van der Waals surface area contributed by atoms with E-state index in [1.54, 1.807) is 12.4 Å². The average molecular weight is 279 g/mol. The van der Waals surface area contributed by atoms with Crippen LogP contribution in [-0.2, 0) is 0 Å². The van der Waals surface area contributed by atoms with Crippen molar-refractivity contribution in [2.24, 2.45) is 0 Å². The summed E-state index contributed by atoms with van der Waals surface area (Å²) in [5.41, 5.74) is 0.989. The van der Waals surface area contributed by atoms with E-state index in [1.807, 2.05) is 0 Å². The molecule has 2 aliphatic heterocycles. The molecular weight excluding hydrogens is 276 g/mol. The van der Waals surface area contributed by atoms with Gasteiger partial charge in [-0.25, -0.2) is 14.1 Å². The largest absolute Gasteiger partial charge is 0.245 e. The van der Waals surface area contributed by atoms with E-state index < -0.39 is 0 Å². The molecule has 0 bridgehead atoms. The van der Waals surface area contributed by atoms with Crippen LogP contribution in [0.5, 0.6) is 0 Å². The van der Waals surface area contributed by atoms with Gasteiger partial charge in [0.25, 0.3) is 0 Å². The van der Waals surface area contributed by atoms with Gasteiger partial charge >= 0.3 is 0 Å². The molecule has 2 aliphatic rings. The number of nitrogens with zero attached hydrogens (tertiary/aromatic N) is 3. The molecule has 0 unspecified atom stereocenters. The van der Waals surface area contributed by atoms with Crippen LogP contribution >= 0.6 is 34.4 Å². The highest BCUT2D eigenvalue weighted by molar-refractivity contribution is 14.1. The Morgan fingerprint density at radius 1 is 1.45 bits per heavy atom. The molecule has 0 radical (unpaired) electrons. The van der Waals surface area contributed by atoms with E-state index in [4.69, 9.17) is 11.8 Å². The lowest BCUT2D eigenvalue weighted by Crippen LogP contribution is -1.92. The van der Waals surface area contributed by atoms with Crippen LogP contribution in [0.1, 0.15) is 0 Å². The van der Waals surface area contributed by atoms with Crippen LogP contribution in [0, 0.1) is 3.57 Å². The third kappa shape index (κ3) is 1.10. The molecule has 0 aromatic carbocycles. The molecule has 0 N–H and O–H groups in total. The minimum Gasteiger partial charge on any atom is -0.245 e. The normalized spacial score (nSPS) is 10.7. The zero-order valence-electron chi connectivity index (χ0n) is 5.33. The molecule has 56 valence electrons. The van der Waals surface area contributed by atoms with E-state index in [0.29, 0.717) is 0 Å². The Morgan fingerprint density at radius 3 is 3.00 bits per heavy atom. The molecular formula is C6H3ClIN3. The number of rotatable bonds is 0. The third-order valence-electron chi connectivity index (χ3n) is 1.37. The Hall–Kier alpha value is -0.360. The van der Waals surface area contributed by atoms with Gasteiger partial charge in [0.15, 0.2) is 5.82 Å². The third-order valence-corrected chi connectivity index (χ3v) is 2.48. The molecule has 5 heteroatoms. The van der Waals surface area contributed by atoms with E-state index in [9.17, 15) is 0 Å².